The quantitative estimate of drug-likeness (QED) is 0.695. The molecule has 0 radical (unpaired) electrons. The molecule has 3 aliphatic rings. The number of nitrogens with one attached hydrogen (secondary N) is 1. The Bertz CT molecular complexity index is 504. The third kappa shape index (κ3) is 2.48. The van der Waals surface area contributed by atoms with Crippen LogP contribution in [-0.2, 0) is 9.59 Å². The van der Waals surface area contributed by atoms with Gasteiger partial charge in [-0.1, -0.05) is 12.2 Å². The molecule has 1 aliphatic carbocycles. The Hall–Kier alpha value is -2.05. The van der Waals surface area contributed by atoms with Gasteiger partial charge < -0.3 is 20.2 Å². The van der Waals surface area contributed by atoms with Crippen molar-refractivity contribution in [2.45, 2.75) is 18.9 Å². The topological polar surface area (TPSA) is 90.0 Å². The van der Waals surface area contributed by atoms with Crippen molar-refractivity contribution in [3.05, 3.63) is 12.2 Å². The molecule has 3 amide bonds. The molecule has 2 fully saturated rings. The van der Waals surface area contributed by atoms with Crippen LogP contribution in [-0.4, -0.2) is 65.0 Å². The van der Waals surface area contributed by atoms with E-state index in [2.05, 4.69) is 5.32 Å². The molecule has 0 aromatic rings. The summed E-state index contributed by atoms with van der Waals surface area (Å²) in [5.74, 6) is -2.12. The third-order valence-electron chi connectivity index (χ3n) is 4.61. The maximum absolute atomic E-state index is 12.6. The zero-order valence-electron chi connectivity index (χ0n) is 11.7. The van der Waals surface area contributed by atoms with Gasteiger partial charge in [0.2, 0.25) is 5.91 Å². The predicted octanol–water partition coefficient (Wildman–Crippen LogP) is -0.111. The third-order valence-corrected chi connectivity index (χ3v) is 4.61. The van der Waals surface area contributed by atoms with Crippen LogP contribution in [0.25, 0.3) is 0 Å². The van der Waals surface area contributed by atoms with E-state index in [1.165, 1.54) is 0 Å². The van der Waals surface area contributed by atoms with Crippen molar-refractivity contribution in [1.29, 1.82) is 0 Å². The summed E-state index contributed by atoms with van der Waals surface area (Å²) in [4.78, 5) is 39.0. The highest BCUT2D eigenvalue weighted by Crippen LogP contribution is 2.28. The molecule has 2 heterocycles. The normalized spacial score (nSPS) is 31.8. The van der Waals surface area contributed by atoms with E-state index in [1.54, 1.807) is 9.80 Å². The molecular formula is C14H19N3O4. The number of urea groups is 1. The van der Waals surface area contributed by atoms with Gasteiger partial charge in [-0.05, 0) is 12.8 Å². The molecule has 7 nitrogen and oxygen atoms in total. The molecule has 0 bridgehead atoms. The number of fused-ring (bicyclic) bond motifs is 1. The number of carboxylic acids is 1. The molecule has 0 spiro atoms. The average molecular weight is 293 g/mol. The van der Waals surface area contributed by atoms with Crippen molar-refractivity contribution in [2.24, 2.45) is 11.8 Å². The fraction of sp³-hybridized carbons (Fsp3) is 0.643. The van der Waals surface area contributed by atoms with Crippen molar-refractivity contribution < 1.29 is 19.5 Å². The van der Waals surface area contributed by atoms with Gasteiger partial charge in [-0.3, -0.25) is 9.59 Å². The molecular weight excluding hydrogens is 274 g/mol. The smallest absolute Gasteiger partial charge is 0.317 e. The van der Waals surface area contributed by atoms with Crippen molar-refractivity contribution in [2.75, 3.05) is 26.2 Å². The van der Waals surface area contributed by atoms with E-state index in [4.69, 9.17) is 0 Å². The summed E-state index contributed by atoms with van der Waals surface area (Å²) in [5.41, 5.74) is 0. The standard InChI is InChI=1S/C14H19N3O4/c18-12(10-3-1-2-4-11(10)13(19)20)16-5-6-17-9(8-16)7-15-14(17)21/h1-2,9-11H,3-8H2,(H,15,21)(H,19,20). The van der Waals surface area contributed by atoms with Gasteiger partial charge in [-0.25, -0.2) is 4.79 Å². The van der Waals surface area contributed by atoms with Gasteiger partial charge in [-0.15, -0.1) is 0 Å². The first-order valence-electron chi connectivity index (χ1n) is 7.29. The highest BCUT2D eigenvalue weighted by atomic mass is 16.4. The van der Waals surface area contributed by atoms with E-state index >= 15 is 0 Å². The number of hydrogen-bond donors (Lipinski definition) is 2. The minimum atomic E-state index is -0.908. The summed E-state index contributed by atoms with van der Waals surface area (Å²) in [5, 5.41) is 12.0. The van der Waals surface area contributed by atoms with Crippen LogP contribution in [0.4, 0.5) is 4.79 Å². The summed E-state index contributed by atoms with van der Waals surface area (Å²) in [6.45, 7) is 2.04. The molecule has 7 heteroatoms. The zero-order valence-corrected chi connectivity index (χ0v) is 11.7. The van der Waals surface area contributed by atoms with Crippen LogP contribution in [0.2, 0.25) is 0 Å². The Morgan fingerprint density at radius 3 is 2.62 bits per heavy atom. The highest BCUT2D eigenvalue weighted by molar-refractivity contribution is 5.86. The Labute approximate surface area is 122 Å². The van der Waals surface area contributed by atoms with E-state index in [0.29, 0.717) is 39.0 Å². The monoisotopic (exact) mass is 293 g/mol. The molecule has 114 valence electrons. The number of amides is 3. The van der Waals surface area contributed by atoms with Gasteiger partial charge in [0.1, 0.15) is 0 Å². The minimum absolute atomic E-state index is 0.0117. The van der Waals surface area contributed by atoms with E-state index in [1.807, 2.05) is 12.2 Å². The van der Waals surface area contributed by atoms with E-state index in [0.717, 1.165) is 0 Å². The van der Waals surface area contributed by atoms with Crippen LogP contribution in [0.15, 0.2) is 12.2 Å². The van der Waals surface area contributed by atoms with Crippen LogP contribution < -0.4 is 5.32 Å². The SMILES string of the molecule is O=C(O)C1CC=CCC1C(=O)N1CCN2C(=O)NCC2C1. The number of carboxylic acid groups (broad SMARTS) is 1. The second-order valence-electron chi connectivity index (χ2n) is 5.81. The summed E-state index contributed by atoms with van der Waals surface area (Å²) in [7, 11) is 0. The molecule has 3 unspecified atom stereocenters. The summed E-state index contributed by atoms with van der Waals surface area (Å²) >= 11 is 0. The van der Waals surface area contributed by atoms with Gasteiger partial charge in [0.15, 0.2) is 0 Å². The first kappa shape index (κ1) is 13.9. The lowest BCUT2D eigenvalue weighted by molar-refractivity contribution is -0.151. The predicted molar refractivity (Wildman–Crippen MR) is 73.5 cm³/mol. The number of nitrogens with zero attached hydrogens (tertiary/aromatic N) is 2. The number of piperazine rings is 1. The molecule has 3 atom stereocenters. The molecule has 0 aromatic heterocycles. The van der Waals surface area contributed by atoms with E-state index in [-0.39, 0.29) is 18.0 Å². The van der Waals surface area contributed by atoms with Crippen LogP contribution in [0.5, 0.6) is 0 Å². The molecule has 3 rings (SSSR count). The van der Waals surface area contributed by atoms with Crippen LogP contribution in [0.3, 0.4) is 0 Å². The molecule has 2 N–H and O–H groups in total. The number of hydrogen-bond acceptors (Lipinski definition) is 3. The van der Waals surface area contributed by atoms with Gasteiger partial charge in [0.05, 0.1) is 17.9 Å². The largest absolute Gasteiger partial charge is 0.481 e. The van der Waals surface area contributed by atoms with Crippen molar-refractivity contribution in [1.82, 2.24) is 15.1 Å². The highest BCUT2D eigenvalue weighted by Gasteiger charge is 2.41. The van der Waals surface area contributed by atoms with E-state index < -0.39 is 17.8 Å². The van der Waals surface area contributed by atoms with Crippen LogP contribution in [0.1, 0.15) is 12.8 Å². The average Bonchev–Trinajstić information content (AvgIpc) is 2.87. The van der Waals surface area contributed by atoms with Crippen molar-refractivity contribution >= 4 is 17.9 Å². The number of carbonyl (C=O) groups is 3. The van der Waals surface area contributed by atoms with Crippen molar-refractivity contribution in [3.63, 3.8) is 0 Å². The Morgan fingerprint density at radius 2 is 1.90 bits per heavy atom. The van der Waals surface area contributed by atoms with E-state index in [9.17, 15) is 19.5 Å². The van der Waals surface area contributed by atoms with Crippen LogP contribution >= 0.6 is 0 Å². The Balaban J connectivity index is 1.69. The van der Waals surface area contributed by atoms with Crippen LogP contribution in [0, 0.1) is 11.8 Å². The van der Waals surface area contributed by atoms with Gasteiger partial charge in [0, 0.05) is 26.2 Å². The summed E-state index contributed by atoms with van der Waals surface area (Å²) < 4.78 is 0. The number of carbonyl (C=O) groups excluding carboxylic acids is 2. The fourth-order valence-electron chi connectivity index (χ4n) is 3.40. The molecule has 0 saturated carbocycles. The Kier molecular flexibility index (Phi) is 3.57. The summed E-state index contributed by atoms with van der Waals surface area (Å²) in [6, 6.07) is -0.0614. The number of allylic oxidation sites excluding steroid dienone is 2. The molecule has 2 aliphatic heterocycles. The summed E-state index contributed by atoms with van der Waals surface area (Å²) in [6.07, 6.45) is 4.62. The molecule has 2 saturated heterocycles. The minimum Gasteiger partial charge on any atom is -0.481 e. The van der Waals surface area contributed by atoms with Crippen molar-refractivity contribution in [3.8, 4) is 0 Å². The van der Waals surface area contributed by atoms with Gasteiger partial charge in [0.25, 0.3) is 0 Å². The maximum Gasteiger partial charge on any atom is 0.317 e. The van der Waals surface area contributed by atoms with Gasteiger partial charge >= 0.3 is 12.0 Å². The lowest BCUT2D eigenvalue weighted by Crippen LogP contribution is -2.55. The Morgan fingerprint density at radius 1 is 1.19 bits per heavy atom. The first-order valence-corrected chi connectivity index (χ1v) is 7.29. The fourth-order valence-corrected chi connectivity index (χ4v) is 3.40. The second-order valence-corrected chi connectivity index (χ2v) is 5.81. The molecule has 21 heavy (non-hydrogen) atoms. The number of rotatable bonds is 2. The molecule has 0 aromatic carbocycles. The zero-order chi connectivity index (χ0) is 15.0. The lowest BCUT2D eigenvalue weighted by atomic mass is 9.82. The second kappa shape index (κ2) is 5.38. The lowest BCUT2D eigenvalue weighted by Gasteiger charge is -2.39. The first-order chi connectivity index (χ1) is 10.1. The van der Waals surface area contributed by atoms with Gasteiger partial charge in [-0.2, -0.15) is 0 Å². The maximum atomic E-state index is 12.6. The number of aliphatic carboxylic acids is 1.